The summed E-state index contributed by atoms with van der Waals surface area (Å²) in [5.41, 5.74) is 1.69. The summed E-state index contributed by atoms with van der Waals surface area (Å²) in [6.07, 6.45) is 0. The molecule has 0 aliphatic carbocycles. The summed E-state index contributed by atoms with van der Waals surface area (Å²) in [5.74, 6) is 0.296. The van der Waals surface area contributed by atoms with E-state index in [0.29, 0.717) is 23.0 Å². The fraction of sp³-hybridized carbons (Fsp3) is 0.0500. The molecule has 0 radical (unpaired) electrons. The van der Waals surface area contributed by atoms with E-state index < -0.39 is 10.0 Å². The van der Waals surface area contributed by atoms with E-state index in [0.717, 1.165) is 5.56 Å². The van der Waals surface area contributed by atoms with E-state index in [4.69, 9.17) is 11.6 Å². The van der Waals surface area contributed by atoms with Crippen LogP contribution in [-0.2, 0) is 16.6 Å². The number of hydrogen-bond acceptors (Lipinski definition) is 3. The van der Waals surface area contributed by atoms with Crippen molar-refractivity contribution in [1.29, 1.82) is 0 Å². The first kappa shape index (κ1) is 18.2. The zero-order valence-electron chi connectivity index (χ0n) is 13.8. The molecule has 4 nitrogen and oxygen atoms in total. The van der Waals surface area contributed by atoms with Crippen LogP contribution in [0.4, 0.5) is 0 Å². The summed E-state index contributed by atoms with van der Waals surface area (Å²) in [5, 5.41) is 0.477. The van der Waals surface area contributed by atoms with Crippen LogP contribution >= 0.6 is 11.6 Å². The monoisotopic (exact) mass is 384 g/mol. The zero-order chi connectivity index (χ0) is 18.4. The van der Waals surface area contributed by atoms with Crippen molar-refractivity contribution >= 4 is 27.5 Å². The average molecular weight is 385 g/mol. The predicted molar refractivity (Wildman–Crippen MR) is 105 cm³/mol. The molecule has 0 heterocycles. The van der Waals surface area contributed by atoms with Gasteiger partial charge in [0.2, 0.25) is 0 Å². The van der Waals surface area contributed by atoms with Crippen molar-refractivity contribution < 1.29 is 8.42 Å². The van der Waals surface area contributed by atoms with Crippen LogP contribution in [0.5, 0.6) is 0 Å². The standard InChI is InChI=1S/C20H17ClN2O2S/c21-18-11-13-19(14-12-18)26(24,25)23-20(17-9-5-2-6-10-17)22-15-16-7-3-1-4-8-16/h1-14H,15H2,(H,22,23). The Labute approximate surface area is 158 Å². The van der Waals surface area contributed by atoms with Crippen LogP contribution in [0.25, 0.3) is 0 Å². The van der Waals surface area contributed by atoms with Gasteiger partial charge in [-0.3, -0.25) is 9.71 Å². The fourth-order valence-corrected chi connectivity index (χ4v) is 3.51. The third-order valence-electron chi connectivity index (χ3n) is 3.66. The number of sulfonamides is 1. The van der Waals surface area contributed by atoms with Gasteiger partial charge in [0.15, 0.2) is 0 Å². The number of amidine groups is 1. The Morgan fingerprint density at radius 2 is 1.42 bits per heavy atom. The van der Waals surface area contributed by atoms with Gasteiger partial charge in [-0.15, -0.1) is 0 Å². The van der Waals surface area contributed by atoms with E-state index in [-0.39, 0.29) is 4.90 Å². The van der Waals surface area contributed by atoms with Crippen molar-refractivity contribution in [2.45, 2.75) is 11.4 Å². The highest BCUT2D eigenvalue weighted by Crippen LogP contribution is 2.15. The Morgan fingerprint density at radius 1 is 0.846 bits per heavy atom. The molecule has 0 bridgehead atoms. The smallest absolute Gasteiger partial charge is 0.263 e. The first-order valence-corrected chi connectivity index (χ1v) is 9.83. The van der Waals surface area contributed by atoms with Gasteiger partial charge in [-0.25, -0.2) is 8.42 Å². The Morgan fingerprint density at radius 3 is 2.04 bits per heavy atom. The van der Waals surface area contributed by atoms with Crippen molar-refractivity contribution in [3.8, 4) is 0 Å². The molecule has 0 unspecified atom stereocenters. The summed E-state index contributed by atoms with van der Waals surface area (Å²) in [7, 11) is -3.77. The molecular formula is C20H17ClN2O2S. The SMILES string of the molecule is O=S(=O)(NC(=NCc1ccccc1)c1ccccc1)c1ccc(Cl)cc1. The lowest BCUT2D eigenvalue weighted by Gasteiger charge is -2.12. The van der Waals surface area contributed by atoms with Crippen LogP contribution in [0.3, 0.4) is 0 Å². The van der Waals surface area contributed by atoms with Crippen molar-refractivity contribution in [3.05, 3.63) is 101 Å². The molecule has 0 atom stereocenters. The summed E-state index contributed by atoms with van der Waals surface area (Å²) in [6.45, 7) is 0.369. The number of aliphatic imine (C=N–C) groups is 1. The van der Waals surface area contributed by atoms with Crippen molar-refractivity contribution in [1.82, 2.24) is 4.72 Å². The minimum absolute atomic E-state index is 0.130. The van der Waals surface area contributed by atoms with E-state index in [1.807, 2.05) is 60.7 Å². The van der Waals surface area contributed by atoms with Gasteiger partial charge < -0.3 is 0 Å². The second kappa shape index (κ2) is 8.17. The van der Waals surface area contributed by atoms with Crippen LogP contribution in [0.2, 0.25) is 5.02 Å². The van der Waals surface area contributed by atoms with Crippen LogP contribution < -0.4 is 4.72 Å². The Hall–Kier alpha value is -2.63. The molecule has 3 aromatic carbocycles. The highest BCUT2D eigenvalue weighted by Gasteiger charge is 2.17. The van der Waals surface area contributed by atoms with E-state index in [1.165, 1.54) is 12.1 Å². The van der Waals surface area contributed by atoms with E-state index in [1.54, 1.807) is 12.1 Å². The number of rotatable bonds is 5. The van der Waals surface area contributed by atoms with Gasteiger partial charge in [-0.05, 0) is 29.8 Å². The molecule has 0 aliphatic heterocycles. The molecule has 3 aromatic rings. The first-order chi connectivity index (χ1) is 12.5. The molecule has 26 heavy (non-hydrogen) atoms. The van der Waals surface area contributed by atoms with Crippen LogP contribution in [0.1, 0.15) is 11.1 Å². The van der Waals surface area contributed by atoms with Crippen molar-refractivity contribution in [2.24, 2.45) is 4.99 Å². The quantitative estimate of drug-likeness (QED) is 0.527. The number of benzene rings is 3. The number of nitrogens with one attached hydrogen (secondary N) is 1. The number of halogens is 1. The molecular weight excluding hydrogens is 368 g/mol. The molecule has 0 aromatic heterocycles. The van der Waals surface area contributed by atoms with Gasteiger partial charge in [0.05, 0.1) is 11.4 Å². The molecule has 0 saturated carbocycles. The van der Waals surface area contributed by atoms with Crippen LogP contribution in [-0.4, -0.2) is 14.3 Å². The van der Waals surface area contributed by atoms with Gasteiger partial charge in [-0.2, -0.15) is 0 Å². The lowest BCUT2D eigenvalue weighted by Crippen LogP contribution is -2.31. The minimum atomic E-state index is -3.77. The second-order valence-corrected chi connectivity index (χ2v) is 7.69. The lowest BCUT2D eigenvalue weighted by atomic mass is 10.2. The second-order valence-electron chi connectivity index (χ2n) is 5.58. The van der Waals surface area contributed by atoms with Gasteiger partial charge in [-0.1, -0.05) is 72.3 Å². The van der Waals surface area contributed by atoms with Gasteiger partial charge in [0.1, 0.15) is 5.84 Å². The van der Waals surface area contributed by atoms with Crippen LogP contribution in [0.15, 0.2) is 94.8 Å². The van der Waals surface area contributed by atoms with Crippen LogP contribution in [0, 0.1) is 0 Å². The maximum Gasteiger partial charge on any atom is 0.263 e. The predicted octanol–water partition coefficient (Wildman–Crippen LogP) is 4.27. The maximum atomic E-state index is 12.7. The third kappa shape index (κ3) is 4.71. The third-order valence-corrected chi connectivity index (χ3v) is 5.27. The van der Waals surface area contributed by atoms with Gasteiger partial charge >= 0.3 is 0 Å². The Bertz CT molecular complexity index is 987. The highest BCUT2D eigenvalue weighted by molar-refractivity contribution is 7.90. The maximum absolute atomic E-state index is 12.7. The van der Waals surface area contributed by atoms with Gasteiger partial charge in [0, 0.05) is 10.6 Å². The van der Waals surface area contributed by atoms with Crippen molar-refractivity contribution in [2.75, 3.05) is 0 Å². The zero-order valence-corrected chi connectivity index (χ0v) is 15.4. The highest BCUT2D eigenvalue weighted by atomic mass is 35.5. The fourth-order valence-electron chi connectivity index (χ4n) is 2.33. The minimum Gasteiger partial charge on any atom is -0.263 e. The molecule has 3 rings (SSSR count). The molecule has 1 N–H and O–H groups in total. The summed E-state index contributed by atoms with van der Waals surface area (Å²) in [4.78, 5) is 4.62. The van der Waals surface area contributed by atoms with E-state index >= 15 is 0 Å². The first-order valence-electron chi connectivity index (χ1n) is 7.97. The summed E-state index contributed by atoms with van der Waals surface area (Å²) >= 11 is 5.84. The summed E-state index contributed by atoms with van der Waals surface area (Å²) in [6, 6.07) is 24.8. The number of nitrogens with zero attached hydrogens (tertiary/aromatic N) is 1. The molecule has 0 saturated heterocycles. The topological polar surface area (TPSA) is 58.5 Å². The molecule has 0 aliphatic rings. The van der Waals surface area contributed by atoms with E-state index in [9.17, 15) is 8.42 Å². The average Bonchev–Trinajstić information content (AvgIpc) is 2.67. The molecule has 132 valence electrons. The molecule has 0 fully saturated rings. The molecule has 0 amide bonds. The van der Waals surface area contributed by atoms with Gasteiger partial charge in [0.25, 0.3) is 10.0 Å². The molecule has 0 spiro atoms. The number of hydrogen-bond donors (Lipinski definition) is 1. The van der Waals surface area contributed by atoms with Crippen molar-refractivity contribution in [3.63, 3.8) is 0 Å². The lowest BCUT2D eigenvalue weighted by molar-refractivity contribution is 0.592. The molecule has 6 heteroatoms. The Balaban J connectivity index is 1.92. The summed E-state index contributed by atoms with van der Waals surface area (Å²) < 4.78 is 28.0. The largest absolute Gasteiger partial charge is 0.263 e. The Kier molecular flexibility index (Phi) is 5.71. The normalized spacial score (nSPS) is 12.0. The van der Waals surface area contributed by atoms with E-state index in [2.05, 4.69) is 9.71 Å².